The Morgan fingerprint density at radius 2 is 2.40 bits per heavy atom. The minimum absolute atomic E-state index is 0.385. The van der Waals surface area contributed by atoms with Gasteiger partial charge in [0.15, 0.2) is 0 Å². The molecular weight excluding hydrogens is 212 g/mol. The lowest BCUT2D eigenvalue weighted by Crippen LogP contribution is -2.34. The van der Waals surface area contributed by atoms with Crippen molar-refractivity contribution in [2.75, 3.05) is 0 Å². The number of nitrogens with zero attached hydrogens (tertiary/aromatic N) is 2. The highest BCUT2D eigenvalue weighted by atomic mass is 35.5. The molecule has 4 heteroatoms. The SMILES string of the molecule is Cn1ncc(Cl)c1C1(O)CC2CCC1C2. The van der Waals surface area contributed by atoms with Crippen LogP contribution in [0.15, 0.2) is 6.20 Å². The zero-order valence-corrected chi connectivity index (χ0v) is 9.54. The van der Waals surface area contributed by atoms with Crippen LogP contribution in [0.2, 0.25) is 5.02 Å². The van der Waals surface area contributed by atoms with Crippen LogP contribution in [-0.4, -0.2) is 14.9 Å². The van der Waals surface area contributed by atoms with Gasteiger partial charge in [-0.1, -0.05) is 11.6 Å². The van der Waals surface area contributed by atoms with Crippen molar-refractivity contribution in [3.63, 3.8) is 0 Å². The maximum atomic E-state index is 10.8. The van der Waals surface area contributed by atoms with Crippen LogP contribution in [0.25, 0.3) is 0 Å². The first-order valence-electron chi connectivity index (χ1n) is 5.51. The van der Waals surface area contributed by atoms with E-state index in [9.17, 15) is 5.11 Å². The molecular formula is C11H15ClN2O. The Bertz CT molecular complexity index is 384. The van der Waals surface area contributed by atoms with E-state index in [0.29, 0.717) is 16.9 Å². The third-order valence-corrected chi connectivity index (χ3v) is 4.40. The summed E-state index contributed by atoms with van der Waals surface area (Å²) in [5, 5.41) is 15.5. The van der Waals surface area contributed by atoms with E-state index in [1.165, 1.54) is 6.42 Å². The molecule has 1 N–H and O–H groups in total. The number of fused-ring (bicyclic) bond motifs is 2. The van der Waals surface area contributed by atoms with Crippen molar-refractivity contribution in [2.45, 2.75) is 31.3 Å². The molecule has 0 amide bonds. The molecule has 3 nitrogen and oxygen atoms in total. The number of hydrogen-bond donors (Lipinski definition) is 1. The van der Waals surface area contributed by atoms with E-state index in [-0.39, 0.29) is 0 Å². The summed E-state index contributed by atoms with van der Waals surface area (Å²) in [5.74, 6) is 1.07. The molecule has 1 heterocycles. The molecule has 3 atom stereocenters. The maximum Gasteiger partial charge on any atom is 0.111 e. The predicted octanol–water partition coefficient (Wildman–Crippen LogP) is 2.08. The van der Waals surface area contributed by atoms with Gasteiger partial charge in [-0.3, -0.25) is 4.68 Å². The van der Waals surface area contributed by atoms with Crippen LogP contribution in [0, 0.1) is 11.8 Å². The van der Waals surface area contributed by atoms with Crippen LogP contribution in [-0.2, 0) is 12.6 Å². The normalized spacial score (nSPS) is 38.9. The quantitative estimate of drug-likeness (QED) is 0.796. The van der Waals surface area contributed by atoms with Crippen LogP contribution in [0.3, 0.4) is 0 Å². The first kappa shape index (κ1) is 9.67. The Hall–Kier alpha value is -0.540. The van der Waals surface area contributed by atoms with E-state index >= 15 is 0 Å². The lowest BCUT2D eigenvalue weighted by molar-refractivity contribution is -0.0252. The molecule has 2 fully saturated rings. The minimum atomic E-state index is -0.717. The first-order chi connectivity index (χ1) is 7.11. The first-order valence-corrected chi connectivity index (χ1v) is 5.89. The minimum Gasteiger partial charge on any atom is -0.383 e. The van der Waals surface area contributed by atoms with Crippen LogP contribution < -0.4 is 0 Å². The smallest absolute Gasteiger partial charge is 0.111 e. The van der Waals surface area contributed by atoms with Gasteiger partial charge in [-0.2, -0.15) is 5.10 Å². The van der Waals surface area contributed by atoms with Crippen LogP contribution >= 0.6 is 11.6 Å². The Morgan fingerprint density at radius 3 is 2.87 bits per heavy atom. The van der Waals surface area contributed by atoms with Crippen molar-refractivity contribution in [2.24, 2.45) is 18.9 Å². The summed E-state index contributed by atoms with van der Waals surface area (Å²) in [7, 11) is 1.85. The number of hydrogen-bond acceptors (Lipinski definition) is 2. The van der Waals surface area contributed by atoms with Crippen molar-refractivity contribution in [3.05, 3.63) is 16.9 Å². The number of aliphatic hydroxyl groups is 1. The lowest BCUT2D eigenvalue weighted by atomic mass is 9.81. The molecule has 15 heavy (non-hydrogen) atoms. The summed E-state index contributed by atoms with van der Waals surface area (Å²) in [6.07, 6.45) is 6.03. The van der Waals surface area contributed by atoms with Crippen molar-refractivity contribution in [1.29, 1.82) is 0 Å². The highest BCUT2D eigenvalue weighted by molar-refractivity contribution is 6.31. The largest absolute Gasteiger partial charge is 0.383 e. The molecule has 82 valence electrons. The summed E-state index contributed by atoms with van der Waals surface area (Å²) >= 11 is 6.11. The molecule has 0 radical (unpaired) electrons. The van der Waals surface area contributed by atoms with Crippen LogP contribution in [0.5, 0.6) is 0 Å². The zero-order chi connectivity index (χ0) is 10.6. The van der Waals surface area contributed by atoms with Gasteiger partial charge < -0.3 is 5.11 Å². The zero-order valence-electron chi connectivity index (χ0n) is 8.78. The summed E-state index contributed by atoms with van der Waals surface area (Å²) in [5.41, 5.74) is 0.0991. The highest BCUT2D eigenvalue weighted by Crippen LogP contribution is 2.56. The predicted molar refractivity (Wildman–Crippen MR) is 57.6 cm³/mol. The van der Waals surface area contributed by atoms with Crippen LogP contribution in [0.4, 0.5) is 0 Å². The van der Waals surface area contributed by atoms with Gasteiger partial charge in [0.25, 0.3) is 0 Å². The second kappa shape index (κ2) is 2.98. The molecule has 3 unspecified atom stereocenters. The van der Waals surface area contributed by atoms with E-state index in [1.54, 1.807) is 10.9 Å². The van der Waals surface area contributed by atoms with E-state index in [0.717, 1.165) is 25.0 Å². The molecule has 0 spiro atoms. The average molecular weight is 227 g/mol. The Kier molecular flexibility index (Phi) is 1.92. The Morgan fingerprint density at radius 1 is 1.60 bits per heavy atom. The number of aryl methyl sites for hydroxylation is 1. The molecule has 2 bridgehead atoms. The molecule has 0 aromatic carbocycles. The van der Waals surface area contributed by atoms with E-state index in [4.69, 9.17) is 11.6 Å². The molecule has 2 aliphatic rings. The molecule has 2 aliphatic carbocycles. The van der Waals surface area contributed by atoms with Gasteiger partial charge in [0.2, 0.25) is 0 Å². The third-order valence-electron chi connectivity index (χ3n) is 4.12. The third kappa shape index (κ3) is 1.20. The van der Waals surface area contributed by atoms with Crippen molar-refractivity contribution in [1.82, 2.24) is 9.78 Å². The monoisotopic (exact) mass is 226 g/mol. The van der Waals surface area contributed by atoms with Crippen molar-refractivity contribution in [3.8, 4) is 0 Å². The summed E-state index contributed by atoms with van der Waals surface area (Å²) in [6.45, 7) is 0. The fourth-order valence-corrected chi connectivity index (χ4v) is 3.82. The second-order valence-corrected chi connectivity index (χ2v) is 5.38. The maximum absolute atomic E-state index is 10.8. The van der Waals surface area contributed by atoms with Gasteiger partial charge in [-0.05, 0) is 37.5 Å². The summed E-state index contributed by atoms with van der Waals surface area (Å²) in [4.78, 5) is 0. The van der Waals surface area contributed by atoms with Gasteiger partial charge in [-0.15, -0.1) is 0 Å². The standard InChI is InChI=1S/C11H15ClN2O/c1-14-10(9(12)6-13-14)11(15)5-7-2-3-8(11)4-7/h6-8,15H,2-5H2,1H3. The van der Waals surface area contributed by atoms with Gasteiger partial charge in [0.1, 0.15) is 5.60 Å². The average Bonchev–Trinajstić information content (AvgIpc) is 2.80. The van der Waals surface area contributed by atoms with Gasteiger partial charge in [0, 0.05) is 7.05 Å². The summed E-state index contributed by atoms with van der Waals surface area (Å²) < 4.78 is 1.73. The lowest BCUT2D eigenvalue weighted by Gasteiger charge is -2.32. The fourth-order valence-electron chi connectivity index (χ4n) is 3.49. The fraction of sp³-hybridized carbons (Fsp3) is 0.727. The van der Waals surface area contributed by atoms with Crippen LogP contribution in [0.1, 0.15) is 31.4 Å². The molecule has 1 aromatic rings. The number of rotatable bonds is 1. The molecule has 0 aliphatic heterocycles. The molecule has 3 rings (SSSR count). The molecule has 2 saturated carbocycles. The summed E-state index contributed by atoms with van der Waals surface area (Å²) in [6, 6.07) is 0. The molecule has 0 saturated heterocycles. The molecule has 1 aromatic heterocycles. The second-order valence-electron chi connectivity index (χ2n) is 4.97. The van der Waals surface area contributed by atoms with Gasteiger partial charge >= 0.3 is 0 Å². The van der Waals surface area contributed by atoms with E-state index in [2.05, 4.69) is 5.10 Å². The van der Waals surface area contributed by atoms with E-state index in [1.807, 2.05) is 7.05 Å². The van der Waals surface area contributed by atoms with Gasteiger partial charge in [0.05, 0.1) is 16.9 Å². The highest BCUT2D eigenvalue weighted by Gasteiger charge is 2.53. The Balaban J connectivity index is 2.07. The topological polar surface area (TPSA) is 38.0 Å². The van der Waals surface area contributed by atoms with E-state index < -0.39 is 5.60 Å². The van der Waals surface area contributed by atoms with Gasteiger partial charge in [-0.25, -0.2) is 0 Å². The Labute approximate surface area is 94.0 Å². The van der Waals surface area contributed by atoms with Crippen molar-refractivity contribution >= 4 is 11.6 Å². The number of aromatic nitrogens is 2. The van der Waals surface area contributed by atoms with Crippen molar-refractivity contribution < 1.29 is 5.11 Å². The number of halogens is 1.